The van der Waals surface area contributed by atoms with Gasteiger partial charge in [-0.1, -0.05) is 43.3 Å². The van der Waals surface area contributed by atoms with Crippen LogP contribution >= 0.6 is 0 Å². The summed E-state index contributed by atoms with van der Waals surface area (Å²) in [5, 5.41) is 8.91. The molecule has 4 nitrogen and oxygen atoms in total. The second-order valence-electron chi connectivity index (χ2n) is 8.32. The lowest BCUT2D eigenvalue weighted by atomic mass is 10.0. The van der Waals surface area contributed by atoms with Crippen molar-refractivity contribution in [3.63, 3.8) is 0 Å². The Labute approximate surface area is 203 Å². The normalized spacial score (nSPS) is 12.3. The number of aryl methyl sites for hydroxylation is 2. The third kappa shape index (κ3) is 7.50. The molecule has 3 rings (SSSR count). The molecule has 0 unspecified atom stereocenters. The highest BCUT2D eigenvalue weighted by Crippen LogP contribution is 2.37. The molecule has 0 aliphatic rings. The average molecular weight is 487 g/mol. The maximum Gasteiger partial charge on any atom is 0.416 e. The minimum Gasteiger partial charge on any atom is -0.493 e. The largest absolute Gasteiger partial charge is 0.493 e. The monoisotopic (exact) mass is 486 g/mol. The number of carbonyl (C=O) groups is 1. The highest BCUT2D eigenvalue weighted by molar-refractivity contribution is 5.71. The van der Waals surface area contributed by atoms with E-state index in [-0.39, 0.29) is 12.5 Å². The second kappa shape index (κ2) is 11.8. The van der Waals surface area contributed by atoms with E-state index in [1.54, 1.807) is 30.3 Å². The van der Waals surface area contributed by atoms with Crippen LogP contribution in [-0.4, -0.2) is 23.8 Å². The number of rotatable bonds is 11. The molecule has 0 heterocycles. The van der Waals surface area contributed by atoms with Gasteiger partial charge in [0.1, 0.15) is 11.5 Å². The van der Waals surface area contributed by atoms with Crippen LogP contribution in [0.2, 0.25) is 0 Å². The first-order valence-electron chi connectivity index (χ1n) is 11.6. The first-order valence-corrected chi connectivity index (χ1v) is 11.6. The summed E-state index contributed by atoms with van der Waals surface area (Å²) < 4.78 is 51.7. The minimum atomic E-state index is -4.44. The molecule has 0 aliphatic carbocycles. The first kappa shape index (κ1) is 26.1. The minimum absolute atomic E-state index is 0.0803. The Morgan fingerprint density at radius 1 is 1.00 bits per heavy atom. The summed E-state index contributed by atoms with van der Waals surface area (Å²) in [4.78, 5) is 10.9. The number of hydrogen-bond acceptors (Lipinski definition) is 3. The molecule has 0 spiro atoms. The fraction of sp³-hybridized carbons (Fsp3) is 0.321. The molecule has 35 heavy (non-hydrogen) atoms. The van der Waals surface area contributed by atoms with Crippen LogP contribution in [-0.2, 0) is 23.8 Å². The van der Waals surface area contributed by atoms with Crippen molar-refractivity contribution in [2.24, 2.45) is 0 Å². The molecule has 1 atom stereocenters. The molecule has 186 valence electrons. The third-order valence-corrected chi connectivity index (χ3v) is 5.68. The maximum absolute atomic E-state index is 13.3. The van der Waals surface area contributed by atoms with Crippen LogP contribution in [0.25, 0.3) is 11.1 Å². The van der Waals surface area contributed by atoms with E-state index in [1.165, 1.54) is 6.07 Å². The first-order chi connectivity index (χ1) is 16.7. The number of aliphatic carboxylic acids is 1. The fourth-order valence-electron chi connectivity index (χ4n) is 3.78. The molecular formula is C28H29F3O4. The summed E-state index contributed by atoms with van der Waals surface area (Å²) in [5.74, 6) is 0.241. The Hall–Kier alpha value is -3.48. The van der Waals surface area contributed by atoms with Crippen LogP contribution in [0.4, 0.5) is 13.2 Å². The zero-order valence-corrected chi connectivity index (χ0v) is 19.8. The third-order valence-electron chi connectivity index (χ3n) is 5.68. The van der Waals surface area contributed by atoms with Crippen LogP contribution in [0.15, 0.2) is 66.7 Å². The number of carboxylic acids is 1. The van der Waals surface area contributed by atoms with E-state index in [2.05, 4.69) is 0 Å². The fourth-order valence-corrected chi connectivity index (χ4v) is 3.78. The lowest BCUT2D eigenvalue weighted by molar-refractivity contribution is -0.138. The van der Waals surface area contributed by atoms with Gasteiger partial charge in [-0.25, -0.2) is 0 Å². The van der Waals surface area contributed by atoms with E-state index in [4.69, 9.17) is 14.6 Å². The van der Waals surface area contributed by atoms with Crippen LogP contribution in [0, 0.1) is 0 Å². The molecule has 0 saturated carbocycles. The van der Waals surface area contributed by atoms with Crippen LogP contribution in [0.3, 0.4) is 0 Å². The molecule has 1 N–H and O–H groups in total. The molecule has 0 fully saturated rings. The highest BCUT2D eigenvalue weighted by Gasteiger charge is 2.31. The Morgan fingerprint density at radius 2 is 1.74 bits per heavy atom. The van der Waals surface area contributed by atoms with Crippen molar-refractivity contribution in [2.75, 3.05) is 6.61 Å². The zero-order valence-electron chi connectivity index (χ0n) is 19.8. The van der Waals surface area contributed by atoms with Crippen molar-refractivity contribution in [1.82, 2.24) is 0 Å². The molecule has 0 radical (unpaired) electrons. The summed E-state index contributed by atoms with van der Waals surface area (Å²) in [7, 11) is 0. The molecule has 3 aromatic rings. The van der Waals surface area contributed by atoms with Crippen LogP contribution < -0.4 is 9.47 Å². The smallest absolute Gasteiger partial charge is 0.416 e. The average Bonchev–Trinajstić information content (AvgIpc) is 2.83. The molecule has 0 bridgehead atoms. The standard InChI is InChI=1S/C28H29F3O4/c1-3-20-17-24(12-9-21(20)10-14-27(32)33)34-16-15-19(2)35-26-13-11-23(28(29,30)31)18-25(26)22-7-5-4-6-8-22/h4-9,11-13,17-19H,3,10,14-16H2,1-2H3,(H,32,33)/t19-/m1/s1. The Balaban J connectivity index is 1.65. The number of alkyl halides is 3. The van der Waals surface area contributed by atoms with Crippen molar-refractivity contribution in [1.29, 1.82) is 0 Å². The van der Waals surface area contributed by atoms with E-state index < -0.39 is 17.7 Å². The van der Waals surface area contributed by atoms with Gasteiger partial charge in [-0.2, -0.15) is 13.2 Å². The summed E-state index contributed by atoms with van der Waals surface area (Å²) in [6.45, 7) is 4.22. The maximum atomic E-state index is 13.3. The second-order valence-corrected chi connectivity index (χ2v) is 8.32. The van der Waals surface area contributed by atoms with Gasteiger partial charge in [-0.15, -0.1) is 0 Å². The van der Waals surface area contributed by atoms with Gasteiger partial charge in [0.25, 0.3) is 0 Å². The van der Waals surface area contributed by atoms with Gasteiger partial charge in [0.05, 0.1) is 18.3 Å². The van der Waals surface area contributed by atoms with Gasteiger partial charge in [-0.05, 0) is 66.8 Å². The van der Waals surface area contributed by atoms with Crippen molar-refractivity contribution in [3.05, 3.63) is 83.4 Å². The van der Waals surface area contributed by atoms with Crippen molar-refractivity contribution in [3.8, 4) is 22.6 Å². The van der Waals surface area contributed by atoms with Gasteiger partial charge in [0.15, 0.2) is 0 Å². The van der Waals surface area contributed by atoms with Crippen LogP contribution in [0.5, 0.6) is 11.5 Å². The topological polar surface area (TPSA) is 55.8 Å². The molecular weight excluding hydrogens is 457 g/mol. The Bertz CT molecular complexity index is 1130. The van der Waals surface area contributed by atoms with Crippen molar-refractivity contribution < 1.29 is 32.5 Å². The molecule has 0 amide bonds. The van der Waals surface area contributed by atoms with Gasteiger partial charge in [-0.3, -0.25) is 4.79 Å². The van der Waals surface area contributed by atoms with Gasteiger partial charge >= 0.3 is 12.1 Å². The molecule has 3 aromatic carbocycles. The molecule has 7 heteroatoms. The predicted molar refractivity (Wildman–Crippen MR) is 129 cm³/mol. The predicted octanol–water partition coefficient (Wildman–Crippen LogP) is 7.19. The van der Waals surface area contributed by atoms with E-state index >= 15 is 0 Å². The van der Waals surface area contributed by atoms with Crippen molar-refractivity contribution >= 4 is 5.97 Å². The highest BCUT2D eigenvalue weighted by atomic mass is 19.4. The Morgan fingerprint density at radius 3 is 2.40 bits per heavy atom. The molecule has 0 aliphatic heterocycles. The number of hydrogen-bond donors (Lipinski definition) is 1. The van der Waals surface area contributed by atoms with Gasteiger partial charge < -0.3 is 14.6 Å². The lowest BCUT2D eigenvalue weighted by Crippen LogP contribution is -2.16. The Kier molecular flexibility index (Phi) is 8.79. The zero-order chi connectivity index (χ0) is 25.4. The van der Waals surface area contributed by atoms with Crippen LogP contribution in [0.1, 0.15) is 43.4 Å². The van der Waals surface area contributed by atoms with E-state index in [0.717, 1.165) is 29.7 Å². The number of ether oxygens (including phenoxy) is 2. The van der Waals surface area contributed by atoms with E-state index in [9.17, 15) is 18.0 Å². The lowest BCUT2D eigenvalue weighted by Gasteiger charge is -2.19. The quantitative estimate of drug-likeness (QED) is 0.312. The summed E-state index contributed by atoms with van der Waals surface area (Å²) >= 11 is 0. The summed E-state index contributed by atoms with van der Waals surface area (Å²) in [5.41, 5.74) is 2.35. The van der Waals surface area contributed by atoms with Crippen molar-refractivity contribution in [2.45, 2.75) is 51.8 Å². The van der Waals surface area contributed by atoms with E-state index in [0.29, 0.717) is 42.1 Å². The SMILES string of the molecule is CCc1cc(OCC[C@@H](C)Oc2ccc(C(F)(F)F)cc2-c2ccccc2)ccc1CCC(=O)O. The molecule has 0 saturated heterocycles. The molecule has 0 aromatic heterocycles. The van der Waals surface area contributed by atoms with E-state index in [1.807, 2.05) is 32.0 Å². The summed E-state index contributed by atoms with van der Waals surface area (Å²) in [6, 6.07) is 18.0. The van der Waals surface area contributed by atoms with Gasteiger partial charge in [0, 0.05) is 18.4 Å². The number of benzene rings is 3. The summed E-state index contributed by atoms with van der Waals surface area (Å²) in [6.07, 6.45) is -2.89. The number of carboxylic acid groups (broad SMARTS) is 1. The number of halogens is 3. The van der Waals surface area contributed by atoms with Gasteiger partial charge in [0.2, 0.25) is 0 Å².